The summed E-state index contributed by atoms with van der Waals surface area (Å²) in [5, 5.41) is 0. The summed E-state index contributed by atoms with van der Waals surface area (Å²) in [5.74, 6) is 1.20. The first-order valence-corrected chi connectivity index (χ1v) is 14.4. The minimum Gasteiger partial charge on any atom is -0.256 e. The fourth-order valence-electron chi connectivity index (χ4n) is 6.58. The number of allylic oxidation sites excluding steroid dienone is 1. The van der Waals surface area contributed by atoms with E-state index in [2.05, 4.69) is 113 Å². The number of hydrogen-bond donors (Lipinski definition) is 0. The Hall–Kier alpha value is -3.45. The fourth-order valence-corrected chi connectivity index (χ4v) is 6.58. The van der Waals surface area contributed by atoms with Crippen LogP contribution in [0.4, 0.5) is 0 Å². The third-order valence-corrected chi connectivity index (χ3v) is 8.94. The van der Waals surface area contributed by atoms with Gasteiger partial charge in [0.1, 0.15) is 0 Å². The molecule has 0 radical (unpaired) electrons. The van der Waals surface area contributed by atoms with Crippen LogP contribution in [0.3, 0.4) is 0 Å². The third-order valence-electron chi connectivity index (χ3n) is 8.94. The third kappa shape index (κ3) is 4.53. The first-order chi connectivity index (χ1) is 18.4. The average Bonchev–Trinajstić information content (AvgIpc) is 3.24. The molecule has 0 N–H and O–H groups in total. The number of benzene rings is 3. The Balaban J connectivity index is 1.50. The highest BCUT2D eigenvalue weighted by Gasteiger charge is 2.35. The number of hydrogen-bond acceptors (Lipinski definition) is 1. The van der Waals surface area contributed by atoms with Crippen LogP contribution in [0.15, 0.2) is 85.1 Å². The van der Waals surface area contributed by atoms with Crippen molar-refractivity contribution in [3.63, 3.8) is 0 Å². The first kappa shape index (κ1) is 24.9. The standard InChI is InChI=1S/C37H39N/c1-25(2)30-19-20-38-36(23-30)31-21-32(28-17-15-27(16-18-28)26-11-7-5-8-12-26)33-24-34(29-13-9-6-10-14-29)37(3,4)35(33)22-31/h6,9-10,13-26H,5,7-8,11-12H2,1-4H3. The molecule has 2 aliphatic rings. The fraction of sp³-hybridized carbons (Fsp3) is 0.324. The highest BCUT2D eigenvalue weighted by atomic mass is 14.7. The van der Waals surface area contributed by atoms with Crippen LogP contribution < -0.4 is 0 Å². The normalized spacial score (nSPS) is 16.9. The lowest BCUT2D eigenvalue weighted by atomic mass is 9.77. The summed E-state index contributed by atoms with van der Waals surface area (Å²) in [6.07, 6.45) is 11.2. The summed E-state index contributed by atoms with van der Waals surface area (Å²) in [6.45, 7) is 9.24. The molecular formula is C37H39N. The van der Waals surface area contributed by atoms with Crippen LogP contribution in [-0.2, 0) is 5.41 Å². The van der Waals surface area contributed by atoms with Crippen molar-refractivity contribution in [1.29, 1.82) is 0 Å². The van der Waals surface area contributed by atoms with E-state index < -0.39 is 0 Å². The second-order valence-corrected chi connectivity index (χ2v) is 12.1. The summed E-state index contributed by atoms with van der Waals surface area (Å²) >= 11 is 0. The smallest absolute Gasteiger partial charge is 0.0705 e. The van der Waals surface area contributed by atoms with E-state index in [4.69, 9.17) is 4.98 Å². The number of rotatable bonds is 5. The van der Waals surface area contributed by atoms with E-state index in [9.17, 15) is 0 Å². The maximum atomic E-state index is 4.84. The molecule has 0 saturated heterocycles. The molecule has 0 unspecified atom stereocenters. The van der Waals surface area contributed by atoms with E-state index in [1.165, 1.54) is 82.2 Å². The Morgan fingerprint density at radius 1 is 0.763 bits per heavy atom. The molecule has 192 valence electrons. The quantitative estimate of drug-likeness (QED) is 0.267. The van der Waals surface area contributed by atoms with Crippen LogP contribution in [0.5, 0.6) is 0 Å². The molecule has 1 saturated carbocycles. The van der Waals surface area contributed by atoms with Gasteiger partial charge in [-0.05, 0) is 99.5 Å². The van der Waals surface area contributed by atoms with Gasteiger partial charge < -0.3 is 0 Å². The monoisotopic (exact) mass is 497 g/mol. The molecule has 0 aliphatic heterocycles. The molecule has 2 aliphatic carbocycles. The van der Waals surface area contributed by atoms with Gasteiger partial charge >= 0.3 is 0 Å². The number of nitrogens with zero attached hydrogens (tertiary/aromatic N) is 1. The molecule has 0 atom stereocenters. The largest absolute Gasteiger partial charge is 0.256 e. The van der Waals surface area contributed by atoms with E-state index in [1.54, 1.807) is 0 Å². The Morgan fingerprint density at radius 2 is 1.50 bits per heavy atom. The zero-order chi connectivity index (χ0) is 26.3. The lowest BCUT2D eigenvalue weighted by molar-refractivity contribution is 0.443. The highest BCUT2D eigenvalue weighted by molar-refractivity contribution is 5.99. The van der Waals surface area contributed by atoms with Crippen molar-refractivity contribution in [2.75, 3.05) is 0 Å². The lowest BCUT2D eigenvalue weighted by Crippen LogP contribution is -2.16. The Morgan fingerprint density at radius 3 is 2.21 bits per heavy atom. The van der Waals surface area contributed by atoms with Crippen molar-refractivity contribution in [3.8, 4) is 22.4 Å². The van der Waals surface area contributed by atoms with Gasteiger partial charge in [0.2, 0.25) is 0 Å². The predicted molar refractivity (Wildman–Crippen MR) is 162 cm³/mol. The van der Waals surface area contributed by atoms with Crippen molar-refractivity contribution in [1.82, 2.24) is 4.98 Å². The molecule has 1 fully saturated rings. The number of aromatic nitrogens is 1. The van der Waals surface area contributed by atoms with E-state index in [0.29, 0.717) is 5.92 Å². The summed E-state index contributed by atoms with van der Waals surface area (Å²) in [7, 11) is 0. The number of fused-ring (bicyclic) bond motifs is 1. The van der Waals surface area contributed by atoms with Gasteiger partial charge in [0.25, 0.3) is 0 Å². The molecule has 0 spiro atoms. The van der Waals surface area contributed by atoms with Crippen molar-refractivity contribution < 1.29 is 0 Å². The minimum absolute atomic E-state index is 0.0981. The Kier molecular flexibility index (Phi) is 6.56. The van der Waals surface area contributed by atoms with Crippen LogP contribution in [0, 0.1) is 0 Å². The van der Waals surface area contributed by atoms with Crippen molar-refractivity contribution >= 4 is 11.6 Å². The molecule has 1 heteroatoms. The van der Waals surface area contributed by atoms with Gasteiger partial charge in [0.05, 0.1) is 5.69 Å². The van der Waals surface area contributed by atoms with Gasteiger partial charge in [-0.3, -0.25) is 4.98 Å². The van der Waals surface area contributed by atoms with Gasteiger partial charge in [-0.25, -0.2) is 0 Å². The second-order valence-electron chi connectivity index (χ2n) is 12.1. The molecular weight excluding hydrogens is 458 g/mol. The molecule has 1 heterocycles. The molecule has 0 bridgehead atoms. The van der Waals surface area contributed by atoms with E-state index in [-0.39, 0.29) is 5.41 Å². The van der Waals surface area contributed by atoms with Crippen LogP contribution in [-0.4, -0.2) is 4.98 Å². The molecule has 6 rings (SSSR count). The molecule has 1 aromatic heterocycles. The molecule has 38 heavy (non-hydrogen) atoms. The zero-order valence-corrected chi connectivity index (χ0v) is 23.3. The Labute approximate surface area is 228 Å². The van der Waals surface area contributed by atoms with Gasteiger partial charge in [0.15, 0.2) is 0 Å². The highest BCUT2D eigenvalue weighted by Crippen LogP contribution is 2.50. The average molecular weight is 498 g/mol. The van der Waals surface area contributed by atoms with Crippen LogP contribution >= 0.6 is 0 Å². The van der Waals surface area contributed by atoms with Crippen molar-refractivity contribution in [2.45, 2.75) is 77.0 Å². The first-order valence-electron chi connectivity index (χ1n) is 14.4. The molecule has 3 aromatic carbocycles. The van der Waals surface area contributed by atoms with Crippen molar-refractivity contribution in [2.24, 2.45) is 0 Å². The van der Waals surface area contributed by atoms with E-state index >= 15 is 0 Å². The topological polar surface area (TPSA) is 12.9 Å². The summed E-state index contributed by atoms with van der Waals surface area (Å²) < 4.78 is 0. The second kappa shape index (κ2) is 10.0. The van der Waals surface area contributed by atoms with Crippen LogP contribution in [0.25, 0.3) is 34.0 Å². The van der Waals surface area contributed by atoms with E-state index in [0.717, 1.165) is 11.6 Å². The SMILES string of the molecule is CC(C)c1ccnc(-c2cc(-c3ccc(C4CCCCC4)cc3)c3c(c2)C(C)(C)C(c2ccccc2)=C3)c1. The molecule has 0 amide bonds. The molecule has 4 aromatic rings. The lowest BCUT2D eigenvalue weighted by Gasteiger charge is -2.26. The van der Waals surface area contributed by atoms with Gasteiger partial charge in [-0.15, -0.1) is 0 Å². The number of pyridine rings is 1. The van der Waals surface area contributed by atoms with Gasteiger partial charge in [0, 0.05) is 17.2 Å². The summed E-state index contributed by atoms with van der Waals surface area (Å²) in [4.78, 5) is 4.84. The van der Waals surface area contributed by atoms with Crippen molar-refractivity contribution in [3.05, 3.63) is 113 Å². The maximum absolute atomic E-state index is 4.84. The van der Waals surface area contributed by atoms with Gasteiger partial charge in [-0.1, -0.05) is 102 Å². The zero-order valence-electron chi connectivity index (χ0n) is 23.3. The summed E-state index contributed by atoms with van der Waals surface area (Å²) in [6, 6.07) is 29.6. The Bertz CT molecular complexity index is 1470. The maximum Gasteiger partial charge on any atom is 0.0705 e. The minimum atomic E-state index is -0.0981. The van der Waals surface area contributed by atoms with Crippen LogP contribution in [0.1, 0.15) is 99.5 Å². The predicted octanol–water partition coefficient (Wildman–Crippen LogP) is 10.4. The van der Waals surface area contributed by atoms with E-state index in [1.807, 2.05) is 6.20 Å². The molecule has 1 nitrogen and oxygen atoms in total. The van der Waals surface area contributed by atoms with Crippen LogP contribution in [0.2, 0.25) is 0 Å². The van der Waals surface area contributed by atoms with Gasteiger partial charge in [-0.2, -0.15) is 0 Å². The summed E-state index contributed by atoms with van der Waals surface area (Å²) in [5.41, 5.74) is 13.0.